The van der Waals surface area contributed by atoms with Crippen LogP contribution in [0.1, 0.15) is 31.4 Å². The first-order valence-corrected chi connectivity index (χ1v) is 5.29. The summed E-state index contributed by atoms with van der Waals surface area (Å²) >= 11 is 0. The normalized spacial score (nSPS) is 12.2. The van der Waals surface area contributed by atoms with Gasteiger partial charge in [0, 0.05) is 13.0 Å². The zero-order valence-corrected chi connectivity index (χ0v) is 9.24. The quantitative estimate of drug-likeness (QED) is 0.802. The number of hydrogen-bond donors (Lipinski definition) is 2. The van der Waals surface area contributed by atoms with Crippen LogP contribution in [0, 0.1) is 5.82 Å². The molecule has 1 amide bonds. The largest absolute Gasteiger partial charge is 0.396 e. The molecule has 0 radical (unpaired) electrons. The Morgan fingerprint density at radius 2 is 2.06 bits per heavy atom. The van der Waals surface area contributed by atoms with E-state index in [0.717, 1.165) is 5.56 Å². The summed E-state index contributed by atoms with van der Waals surface area (Å²) in [7, 11) is 0. The van der Waals surface area contributed by atoms with Crippen molar-refractivity contribution in [3.05, 3.63) is 35.6 Å². The van der Waals surface area contributed by atoms with Crippen molar-refractivity contribution in [2.45, 2.75) is 25.8 Å². The molecule has 1 aromatic carbocycles. The van der Waals surface area contributed by atoms with E-state index in [4.69, 9.17) is 5.11 Å². The predicted molar refractivity (Wildman–Crippen MR) is 59.3 cm³/mol. The summed E-state index contributed by atoms with van der Waals surface area (Å²) in [5.41, 5.74) is 0.860. The van der Waals surface area contributed by atoms with E-state index in [1.54, 1.807) is 12.1 Å². The summed E-state index contributed by atoms with van der Waals surface area (Å²) in [5.74, 6) is -0.395. The highest BCUT2D eigenvalue weighted by Crippen LogP contribution is 2.12. The number of nitrogens with one attached hydrogen (secondary N) is 1. The second-order valence-electron chi connectivity index (χ2n) is 3.67. The molecule has 1 aromatic rings. The second-order valence-corrected chi connectivity index (χ2v) is 3.67. The van der Waals surface area contributed by atoms with Gasteiger partial charge in [0.25, 0.3) is 0 Å². The Morgan fingerprint density at radius 3 is 2.62 bits per heavy atom. The summed E-state index contributed by atoms with van der Waals surface area (Å²) in [5, 5.41) is 11.4. The molecule has 0 saturated carbocycles. The lowest BCUT2D eigenvalue weighted by Crippen LogP contribution is -2.26. The lowest BCUT2D eigenvalue weighted by Gasteiger charge is -2.14. The number of rotatable bonds is 5. The van der Waals surface area contributed by atoms with Crippen molar-refractivity contribution in [2.75, 3.05) is 6.61 Å². The molecule has 4 heteroatoms. The number of carbonyl (C=O) groups excluding carboxylic acids is 1. The van der Waals surface area contributed by atoms with Gasteiger partial charge in [-0.15, -0.1) is 0 Å². The molecule has 0 aliphatic heterocycles. The molecule has 0 aromatic heterocycles. The fourth-order valence-electron chi connectivity index (χ4n) is 1.39. The molecule has 88 valence electrons. The van der Waals surface area contributed by atoms with Gasteiger partial charge in [0.15, 0.2) is 0 Å². The van der Waals surface area contributed by atoms with Crippen LogP contribution < -0.4 is 5.32 Å². The van der Waals surface area contributed by atoms with Crippen LogP contribution in [-0.2, 0) is 4.79 Å². The molecule has 1 atom stereocenters. The number of halogens is 1. The third-order valence-corrected chi connectivity index (χ3v) is 2.31. The summed E-state index contributed by atoms with van der Waals surface area (Å²) in [6.45, 7) is 1.85. The number of amides is 1. The van der Waals surface area contributed by atoms with Gasteiger partial charge in [0.2, 0.25) is 5.91 Å². The third-order valence-electron chi connectivity index (χ3n) is 2.31. The average molecular weight is 225 g/mol. The molecule has 3 nitrogen and oxygen atoms in total. The zero-order valence-electron chi connectivity index (χ0n) is 9.24. The van der Waals surface area contributed by atoms with Gasteiger partial charge in [0.1, 0.15) is 5.82 Å². The van der Waals surface area contributed by atoms with E-state index in [1.807, 2.05) is 6.92 Å². The molecule has 0 spiro atoms. The van der Waals surface area contributed by atoms with Gasteiger partial charge in [-0.1, -0.05) is 12.1 Å². The van der Waals surface area contributed by atoms with Crippen molar-refractivity contribution < 1.29 is 14.3 Å². The van der Waals surface area contributed by atoms with Gasteiger partial charge in [-0.3, -0.25) is 4.79 Å². The monoisotopic (exact) mass is 225 g/mol. The van der Waals surface area contributed by atoms with Crippen LogP contribution in [-0.4, -0.2) is 17.6 Å². The highest BCUT2D eigenvalue weighted by molar-refractivity contribution is 5.76. The van der Waals surface area contributed by atoms with E-state index in [1.165, 1.54) is 12.1 Å². The maximum atomic E-state index is 12.7. The van der Waals surface area contributed by atoms with Gasteiger partial charge < -0.3 is 10.4 Å². The number of carbonyl (C=O) groups is 1. The summed E-state index contributed by atoms with van der Waals surface area (Å²) < 4.78 is 12.7. The SMILES string of the molecule is CC(NC(=O)CCCO)c1ccc(F)cc1. The van der Waals surface area contributed by atoms with Crippen LogP contribution in [0.5, 0.6) is 0 Å². The topological polar surface area (TPSA) is 49.3 Å². The molecule has 1 rings (SSSR count). The van der Waals surface area contributed by atoms with Crippen molar-refractivity contribution in [2.24, 2.45) is 0 Å². The smallest absolute Gasteiger partial charge is 0.220 e. The molecule has 0 aliphatic carbocycles. The molecular weight excluding hydrogens is 209 g/mol. The van der Waals surface area contributed by atoms with E-state index in [-0.39, 0.29) is 24.4 Å². The zero-order chi connectivity index (χ0) is 12.0. The van der Waals surface area contributed by atoms with Crippen LogP contribution in [0.3, 0.4) is 0 Å². The molecule has 0 aliphatic rings. The Bertz CT molecular complexity index is 337. The summed E-state index contributed by atoms with van der Waals surface area (Å²) in [6, 6.07) is 5.88. The second kappa shape index (κ2) is 6.23. The summed E-state index contributed by atoms with van der Waals surface area (Å²) in [6.07, 6.45) is 0.768. The van der Waals surface area contributed by atoms with Gasteiger partial charge in [0.05, 0.1) is 6.04 Å². The Balaban J connectivity index is 2.48. The molecule has 1 unspecified atom stereocenters. The van der Waals surface area contributed by atoms with Crippen molar-refractivity contribution >= 4 is 5.91 Å². The fourth-order valence-corrected chi connectivity index (χ4v) is 1.39. The number of aliphatic hydroxyl groups is 1. The van der Waals surface area contributed by atoms with Gasteiger partial charge in [-0.2, -0.15) is 0 Å². The Labute approximate surface area is 94.3 Å². The standard InChI is InChI=1S/C12H16FNO2/c1-9(14-12(16)3-2-8-15)10-4-6-11(13)7-5-10/h4-7,9,15H,2-3,8H2,1H3,(H,14,16). The highest BCUT2D eigenvalue weighted by Gasteiger charge is 2.08. The van der Waals surface area contributed by atoms with E-state index >= 15 is 0 Å². The van der Waals surface area contributed by atoms with E-state index in [0.29, 0.717) is 12.8 Å². The number of hydrogen-bond acceptors (Lipinski definition) is 2. The maximum Gasteiger partial charge on any atom is 0.220 e. The molecule has 0 saturated heterocycles. The fraction of sp³-hybridized carbons (Fsp3) is 0.417. The van der Waals surface area contributed by atoms with Gasteiger partial charge in [-0.25, -0.2) is 4.39 Å². The van der Waals surface area contributed by atoms with Gasteiger partial charge >= 0.3 is 0 Å². The average Bonchev–Trinajstić information content (AvgIpc) is 2.27. The van der Waals surface area contributed by atoms with Crippen LogP contribution in [0.15, 0.2) is 24.3 Å². The highest BCUT2D eigenvalue weighted by atomic mass is 19.1. The van der Waals surface area contributed by atoms with E-state index in [2.05, 4.69) is 5.32 Å². The van der Waals surface area contributed by atoms with E-state index in [9.17, 15) is 9.18 Å². The first kappa shape index (κ1) is 12.6. The number of benzene rings is 1. The van der Waals surface area contributed by atoms with E-state index < -0.39 is 0 Å². The lowest BCUT2D eigenvalue weighted by molar-refractivity contribution is -0.122. The minimum atomic E-state index is -0.289. The molecular formula is C12H16FNO2. The van der Waals surface area contributed by atoms with Crippen molar-refractivity contribution in [1.29, 1.82) is 0 Å². The molecule has 0 bridgehead atoms. The Kier molecular flexibility index (Phi) is 4.92. The lowest BCUT2D eigenvalue weighted by atomic mass is 10.1. The van der Waals surface area contributed by atoms with Crippen LogP contribution in [0.25, 0.3) is 0 Å². The Hall–Kier alpha value is -1.42. The molecule has 16 heavy (non-hydrogen) atoms. The summed E-state index contributed by atoms with van der Waals surface area (Å²) in [4.78, 5) is 11.4. The first-order chi connectivity index (χ1) is 7.63. The maximum absolute atomic E-state index is 12.7. The van der Waals surface area contributed by atoms with Crippen LogP contribution in [0.2, 0.25) is 0 Å². The molecule has 0 heterocycles. The van der Waals surface area contributed by atoms with Crippen LogP contribution >= 0.6 is 0 Å². The molecule has 2 N–H and O–H groups in total. The van der Waals surface area contributed by atoms with Crippen LogP contribution in [0.4, 0.5) is 4.39 Å². The number of aliphatic hydroxyl groups excluding tert-OH is 1. The first-order valence-electron chi connectivity index (χ1n) is 5.29. The molecule has 0 fully saturated rings. The minimum absolute atomic E-state index is 0.0123. The van der Waals surface area contributed by atoms with Crippen molar-refractivity contribution in [3.63, 3.8) is 0 Å². The third kappa shape index (κ3) is 3.98. The van der Waals surface area contributed by atoms with Gasteiger partial charge in [-0.05, 0) is 31.0 Å². The minimum Gasteiger partial charge on any atom is -0.396 e. The van der Waals surface area contributed by atoms with Crippen molar-refractivity contribution in [3.8, 4) is 0 Å². The Morgan fingerprint density at radius 1 is 1.44 bits per heavy atom. The predicted octanol–water partition coefficient (Wildman–Crippen LogP) is 1.78. The van der Waals surface area contributed by atoms with Crippen molar-refractivity contribution in [1.82, 2.24) is 5.32 Å².